The minimum absolute atomic E-state index is 0.0459. The summed E-state index contributed by atoms with van der Waals surface area (Å²) in [5.74, 6) is 0.0449. The highest BCUT2D eigenvalue weighted by atomic mass is 32.2. The average Bonchev–Trinajstić information content (AvgIpc) is 3.53. The molecule has 2 amide bonds. The third kappa shape index (κ3) is 5.62. The van der Waals surface area contributed by atoms with Crippen LogP contribution in [0.25, 0.3) is 5.57 Å². The molecule has 1 fully saturated rings. The molecule has 1 heterocycles. The highest BCUT2D eigenvalue weighted by Gasteiger charge is 2.39. The summed E-state index contributed by atoms with van der Waals surface area (Å²) in [5, 5.41) is 0. The minimum Gasteiger partial charge on any atom is -0.308 e. The standard InChI is InChI=1S/C25H33N3O4S/c1-16(8-9-18(3)33(31,32)26-25(5,6)7)21-12-13-22-23(14-21)27(24(30)20-10-11-20)15-17(2)28(22)19(4)29/h8-9,12-14,17,20,26H,1,3,10-11,15H2,2,4-7H3/b9-8-. The molecular weight excluding hydrogens is 438 g/mol. The van der Waals surface area contributed by atoms with E-state index >= 15 is 0 Å². The summed E-state index contributed by atoms with van der Waals surface area (Å²) in [5.41, 5.74) is 2.04. The number of fused-ring (bicyclic) bond motifs is 1. The Hall–Kier alpha value is -2.71. The molecular formula is C25H33N3O4S. The van der Waals surface area contributed by atoms with Crippen LogP contribution in [-0.2, 0) is 19.6 Å². The SMILES string of the molecule is C=C(/C=C\C(=C)S(=O)(=O)NC(C)(C)C)c1ccc2c(c1)N(C(=O)C1CC1)CC(C)N2C(C)=O. The van der Waals surface area contributed by atoms with E-state index < -0.39 is 15.6 Å². The number of carbonyl (C=O) groups excluding carboxylic acids is 2. The molecule has 1 N–H and O–H groups in total. The van der Waals surface area contributed by atoms with E-state index in [0.717, 1.165) is 18.4 Å². The van der Waals surface area contributed by atoms with Crippen LogP contribution in [0.2, 0.25) is 0 Å². The first-order valence-electron chi connectivity index (χ1n) is 11.1. The van der Waals surface area contributed by atoms with Crippen LogP contribution in [0, 0.1) is 5.92 Å². The Kier molecular flexibility index (Phi) is 6.73. The predicted molar refractivity (Wildman–Crippen MR) is 133 cm³/mol. The zero-order chi connectivity index (χ0) is 24.7. The van der Waals surface area contributed by atoms with Crippen molar-refractivity contribution in [2.75, 3.05) is 16.3 Å². The number of carbonyl (C=O) groups is 2. The van der Waals surface area contributed by atoms with Crippen LogP contribution in [0.5, 0.6) is 0 Å². The quantitative estimate of drug-likeness (QED) is 0.636. The van der Waals surface area contributed by atoms with Crippen molar-refractivity contribution in [1.29, 1.82) is 0 Å². The van der Waals surface area contributed by atoms with Gasteiger partial charge in [-0.05, 0) is 69.9 Å². The van der Waals surface area contributed by atoms with Gasteiger partial charge in [0.05, 0.1) is 22.3 Å². The molecule has 2 aliphatic rings. The highest BCUT2D eigenvalue weighted by molar-refractivity contribution is 7.93. The molecule has 1 aromatic carbocycles. The van der Waals surface area contributed by atoms with Crippen molar-refractivity contribution in [1.82, 2.24) is 4.72 Å². The van der Waals surface area contributed by atoms with Gasteiger partial charge in [-0.1, -0.05) is 25.3 Å². The molecule has 7 nitrogen and oxygen atoms in total. The molecule has 1 aromatic rings. The summed E-state index contributed by atoms with van der Waals surface area (Å²) in [4.78, 5) is 28.7. The summed E-state index contributed by atoms with van der Waals surface area (Å²) in [6.07, 6.45) is 4.79. The number of hydrogen-bond donors (Lipinski definition) is 1. The monoisotopic (exact) mass is 471 g/mol. The van der Waals surface area contributed by atoms with E-state index in [1.54, 1.807) is 36.6 Å². The molecule has 3 rings (SSSR count). The van der Waals surface area contributed by atoms with Crippen molar-refractivity contribution >= 4 is 38.8 Å². The lowest BCUT2D eigenvalue weighted by Gasteiger charge is -2.41. The summed E-state index contributed by atoms with van der Waals surface area (Å²) >= 11 is 0. The minimum atomic E-state index is -3.73. The fourth-order valence-corrected chi connectivity index (χ4v) is 5.10. The van der Waals surface area contributed by atoms with Crippen molar-refractivity contribution < 1.29 is 18.0 Å². The highest BCUT2D eigenvalue weighted by Crippen LogP contribution is 2.41. The van der Waals surface area contributed by atoms with Crippen LogP contribution in [-0.4, -0.2) is 38.4 Å². The van der Waals surface area contributed by atoms with Crippen molar-refractivity contribution in [3.8, 4) is 0 Å². The number of anilines is 2. The number of nitrogens with one attached hydrogen (secondary N) is 1. The first-order chi connectivity index (χ1) is 15.2. The van der Waals surface area contributed by atoms with E-state index in [9.17, 15) is 18.0 Å². The van der Waals surface area contributed by atoms with Gasteiger partial charge in [0, 0.05) is 24.9 Å². The fraction of sp³-hybridized carbons (Fsp3) is 0.440. The van der Waals surface area contributed by atoms with Gasteiger partial charge in [-0.3, -0.25) is 9.59 Å². The summed E-state index contributed by atoms with van der Waals surface area (Å²) in [7, 11) is -3.73. The molecule has 1 unspecified atom stereocenters. The maximum atomic E-state index is 13.0. The van der Waals surface area contributed by atoms with Crippen LogP contribution in [0.3, 0.4) is 0 Å². The number of benzene rings is 1. The second-order valence-corrected chi connectivity index (χ2v) is 11.6. The van der Waals surface area contributed by atoms with Gasteiger partial charge in [-0.15, -0.1) is 0 Å². The summed E-state index contributed by atoms with van der Waals surface area (Å²) < 4.78 is 27.4. The van der Waals surface area contributed by atoms with Crippen LogP contribution in [0.1, 0.15) is 53.0 Å². The Morgan fingerprint density at radius 2 is 1.76 bits per heavy atom. The Bertz CT molecular complexity index is 1140. The molecule has 1 aliphatic carbocycles. The van der Waals surface area contributed by atoms with Crippen LogP contribution in [0.4, 0.5) is 11.4 Å². The molecule has 8 heteroatoms. The molecule has 0 spiro atoms. The van der Waals surface area contributed by atoms with Gasteiger partial charge in [0.1, 0.15) is 0 Å². The van der Waals surface area contributed by atoms with E-state index in [1.165, 1.54) is 13.0 Å². The molecule has 0 aromatic heterocycles. The lowest BCUT2D eigenvalue weighted by Crippen LogP contribution is -2.51. The first-order valence-corrected chi connectivity index (χ1v) is 12.5. The normalized spacial score (nSPS) is 18.9. The molecule has 1 aliphatic heterocycles. The average molecular weight is 472 g/mol. The third-order valence-electron chi connectivity index (χ3n) is 5.57. The van der Waals surface area contributed by atoms with Gasteiger partial charge in [0.2, 0.25) is 21.8 Å². The number of nitrogens with zero attached hydrogens (tertiary/aromatic N) is 2. The van der Waals surface area contributed by atoms with E-state index in [-0.39, 0.29) is 28.7 Å². The van der Waals surface area contributed by atoms with Gasteiger partial charge in [-0.25, -0.2) is 13.1 Å². The molecule has 178 valence electrons. The van der Waals surface area contributed by atoms with Crippen molar-refractivity contribution in [2.45, 2.75) is 59.0 Å². The number of allylic oxidation sites excluding steroid dienone is 3. The van der Waals surface area contributed by atoms with Crippen LogP contribution < -0.4 is 14.5 Å². The topological polar surface area (TPSA) is 86.8 Å². The van der Waals surface area contributed by atoms with E-state index in [4.69, 9.17) is 0 Å². The van der Waals surface area contributed by atoms with Gasteiger partial charge in [0.15, 0.2) is 0 Å². The molecule has 0 saturated heterocycles. The molecule has 0 bridgehead atoms. The van der Waals surface area contributed by atoms with E-state index in [1.807, 2.05) is 25.1 Å². The molecule has 1 saturated carbocycles. The Morgan fingerprint density at radius 3 is 2.30 bits per heavy atom. The molecule has 0 radical (unpaired) electrons. The number of sulfonamides is 1. The van der Waals surface area contributed by atoms with E-state index in [2.05, 4.69) is 17.9 Å². The smallest absolute Gasteiger partial charge is 0.240 e. The third-order valence-corrected chi connectivity index (χ3v) is 7.28. The van der Waals surface area contributed by atoms with Crippen molar-refractivity contribution in [2.24, 2.45) is 5.92 Å². The maximum Gasteiger partial charge on any atom is 0.240 e. The second kappa shape index (κ2) is 8.91. The fourth-order valence-electron chi connectivity index (χ4n) is 3.91. The zero-order valence-electron chi connectivity index (χ0n) is 20.0. The number of amides is 2. The van der Waals surface area contributed by atoms with Gasteiger partial charge in [0.25, 0.3) is 0 Å². The van der Waals surface area contributed by atoms with Gasteiger partial charge < -0.3 is 9.80 Å². The first kappa shape index (κ1) is 24.9. The van der Waals surface area contributed by atoms with Crippen molar-refractivity contribution in [3.05, 3.63) is 54.0 Å². The number of rotatable bonds is 6. The number of hydrogen-bond acceptors (Lipinski definition) is 4. The Morgan fingerprint density at radius 1 is 1.12 bits per heavy atom. The second-order valence-electron chi connectivity index (χ2n) is 9.85. The van der Waals surface area contributed by atoms with Crippen LogP contribution >= 0.6 is 0 Å². The van der Waals surface area contributed by atoms with Crippen molar-refractivity contribution in [3.63, 3.8) is 0 Å². The Labute approximate surface area is 196 Å². The summed E-state index contributed by atoms with van der Waals surface area (Å²) in [6, 6.07) is 5.36. The zero-order valence-corrected chi connectivity index (χ0v) is 20.8. The lowest BCUT2D eigenvalue weighted by molar-refractivity contribution is -0.120. The van der Waals surface area contributed by atoms with Gasteiger partial charge >= 0.3 is 0 Å². The Balaban J connectivity index is 1.91. The predicted octanol–water partition coefficient (Wildman–Crippen LogP) is 3.99. The lowest BCUT2D eigenvalue weighted by atomic mass is 10.0. The molecule has 33 heavy (non-hydrogen) atoms. The maximum absolute atomic E-state index is 13.0. The van der Waals surface area contributed by atoms with Gasteiger partial charge in [-0.2, -0.15) is 0 Å². The summed E-state index contributed by atoms with van der Waals surface area (Å²) in [6.45, 7) is 16.9. The largest absolute Gasteiger partial charge is 0.308 e. The van der Waals surface area contributed by atoms with Crippen LogP contribution in [0.15, 0.2) is 48.4 Å². The van der Waals surface area contributed by atoms with E-state index in [0.29, 0.717) is 23.5 Å². The molecule has 1 atom stereocenters.